The summed E-state index contributed by atoms with van der Waals surface area (Å²) in [5.74, 6) is -0.246. The van der Waals surface area contributed by atoms with E-state index in [1.165, 1.54) is 0 Å². The van der Waals surface area contributed by atoms with E-state index in [9.17, 15) is 4.79 Å². The maximum Gasteiger partial charge on any atom is 0.228 e. The van der Waals surface area contributed by atoms with E-state index < -0.39 is 0 Å². The average Bonchev–Trinajstić information content (AvgIpc) is 2.48. The maximum atomic E-state index is 11.5. The van der Waals surface area contributed by atoms with Crippen LogP contribution in [0.1, 0.15) is 18.3 Å². The fraction of sp³-hybridized carbons (Fsp3) is 0.556. The molecule has 78 valence electrons. The zero-order valence-electron chi connectivity index (χ0n) is 8.72. The molecular formula is C9H16N4O. The van der Waals surface area contributed by atoms with Crippen LogP contribution in [-0.2, 0) is 4.79 Å². The van der Waals surface area contributed by atoms with Crippen LogP contribution in [0.3, 0.4) is 0 Å². The number of amides is 1. The number of carbonyl (C=O) groups is 1. The lowest BCUT2D eigenvalue weighted by atomic mass is 10.1. The van der Waals surface area contributed by atoms with Gasteiger partial charge in [-0.05, 0) is 13.8 Å². The van der Waals surface area contributed by atoms with Gasteiger partial charge in [0.05, 0.1) is 17.1 Å². The normalized spacial score (nSPS) is 12.6. The first-order valence-electron chi connectivity index (χ1n) is 4.58. The molecule has 0 fully saturated rings. The topological polar surface area (TPSA) is 83.8 Å². The number of H-pyrrole nitrogens is 1. The summed E-state index contributed by atoms with van der Waals surface area (Å²) in [6.45, 7) is 5.84. The van der Waals surface area contributed by atoms with Crippen molar-refractivity contribution in [2.24, 2.45) is 11.7 Å². The van der Waals surface area contributed by atoms with Gasteiger partial charge in [-0.1, -0.05) is 6.92 Å². The van der Waals surface area contributed by atoms with Crippen LogP contribution in [0.2, 0.25) is 0 Å². The second-order valence-electron chi connectivity index (χ2n) is 3.44. The van der Waals surface area contributed by atoms with Crippen molar-refractivity contribution < 1.29 is 4.79 Å². The fourth-order valence-electron chi connectivity index (χ4n) is 1.09. The number of carbonyl (C=O) groups excluding carboxylic acids is 1. The summed E-state index contributed by atoms with van der Waals surface area (Å²) in [6.07, 6.45) is 0. The minimum Gasteiger partial charge on any atom is -0.330 e. The lowest BCUT2D eigenvalue weighted by molar-refractivity contribution is -0.119. The first-order valence-corrected chi connectivity index (χ1v) is 4.58. The van der Waals surface area contributed by atoms with Gasteiger partial charge in [0, 0.05) is 12.5 Å². The third kappa shape index (κ3) is 2.11. The number of nitrogens with zero attached hydrogens (tertiary/aromatic N) is 1. The highest BCUT2D eigenvalue weighted by atomic mass is 16.1. The summed E-state index contributed by atoms with van der Waals surface area (Å²) < 4.78 is 0. The van der Waals surface area contributed by atoms with Gasteiger partial charge in [0.2, 0.25) is 5.91 Å². The number of hydrogen-bond acceptors (Lipinski definition) is 3. The molecule has 1 rings (SSSR count). The van der Waals surface area contributed by atoms with E-state index in [-0.39, 0.29) is 11.8 Å². The molecule has 5 nitrogen and oxygen atoms in total. The van der Waals surface area contributed by atoms with Gasteiger partial charge in [0.1, 0.15) is 0 Å². The standard InChI is InChI=1S/C9H16N4O/c1-5(4-10)9(14)11-8-6(2)12-13-7(8)3/h5H,4,10H2,1-3H3,(H,11,14)(H,12,13)/t5-/m1/s1. The SMILES string of the molecule is Cc1n[nH]c(C)c1NC(=O)[C@H](C)CN. The van der Waals surface area contributed by atoms with E-state index in [1.807, 2.05) is 13.8 Å². The molecular weight excluding hydrogens is 180 g/mol. The third-order valence-electron chi connectivity index (χ3n) is 2.18. The lowest BCUT2D eigenvalue weighted by Gasteiger charge is -2.09. The summed E-state index contributed by atoms with van der Waals surface area (Å²) in [7, 11) is 0. The number of nitrogens with one attached hydrogen (secondary N) is 2. The van der Waals surface area contributed by atoms with E-state index >= 15 is 0 Å². The van der Waals surface area contributed by atoms with Gasteiger partial charge in [-0.2, -0.15) is 5.10 Å². The molecule has 0 bridgehead atoms. The molecule has 1 amide bonds. The molecule has 0 unspecified atom stereocenters. The Kier molecular flexibility index (Phi) is 3.24. The Morgan fingerprint density at radius 1 is 1.64 bits per heavy atom. The first kappa shape index (κ1) is 10.7. The van der Waals surface area contributed by atoms with Gasteiger partial charge in [-0.15, -0.1) is 0 Å². The molecule has 0 aliphatic rings. The van der Waals surface area contributed by atoms with Crippen LogP contribution < -0.4 is 11.1 Å². The number of hydrogen-bond donors (Lipinski definition) is 3. The predicted octanol–water partition coefficient (Wildman–Crippen LogP) is 0.560. The number of aromatic nitrogens is 2. The van der Waals surface area contributed by atoms with Gasteiger partial charge in [0.25, 0.3) is 0 Å². The van der Waals surface area contributed by atoms with Crippen molar-refractivity contribution in [3.63, 3.8) is 0 Å². The maximum absolute atomic E-state index is 11.5. The molecule has 5 heteroatoms. The van der Waals surface area contributed by atoms with Crippen molar-refractivity contribution in [2.45, 2.75) is 20.8 Å². The Hall–Kier alpha value is -1.36. The van der Waals surface area contributed by atoms with Gasteiger partial charge in [-0.25, -0.2) is 0 Å². The fourth-order valence-corrected chi connectivity index (χ4v) is 1.09. The summed E-state index contributed by atoms with van der Waals surface area (Å²) in [4.78, 5) is 11.5. The molecule has 0 saturated carbocycles. The van der Waals surface area contributed by atoms with Crippen molar-refractivity contribution in [3.8, 4) is 0 Å². The molecule has 0 spiro atoms. The molecule has 1 atom stereocenters. The molecule has 0 radical (unpaired) electrons. The number of nitrogens with two attached hydrogens (primary N) is 1. The van der Waals surface area contributed by atoms with E-state index in [0.717, 1.165) is 17.1 Å². The van der Waals surface area contributed by atoms with Crippen LogP contribution in [0.5, 0.6) is 0 Å². The molecule has 14 heavy (non-hydrogen) atoms. The Balaban J connectivity index is 2.74. The van der Waals surface area contributed by atoms with Crippen LogP contribution in [-0.4, -0.2) is 22.6 Å². The van der Waals surface area contributed by atoms with Crippen molar-refractivity contribution in [1.82, 2.24) is 10.2 Å². The zero-order valence-corrected chi connectivity index (χ0v) is 8.72. The third-order valence-corrected chi connectivity index (χ3v) is 2.18. The van der Waals surface area contributed by atoms with Gasteiger partial charge in [-0.3, -0.25) is 9.89 Å². The van der Waals surface area contributed by atoms with E-state index in [2.05, 4.69) is 15.5 Å². The molecule has 0 aliphatic carbocycles. The van der Waals surface area contributed by atoms with Crippen LogP contribution in [0.4, 0.5) is 5.69 Å². The largest absolute Gasteiger partial charge is 0.330 e. The molecule has 0 aromatic carbocycles. The van der Waals surface area contributed by atoms with Gasteiger partial charge < -0.3 is 11.1 Å². The predicted molar refractivity (Wildman–Crippen MR) is 54.9 cm³/mol. The van der Waals surface area contributed by atoms with Crippen molar-refractivity contribution >= 4 is 11.6 Å². The Bertz CT molecular complexity index is 312. The van der Waals surface area contributed by atoms with Crippen LogP contribution >= 0.6 is 0 Å². The van der Waals surface area contributed by atoms with E-state index in [4.69, 9.17) is 5.73 Å². The van der Waals surface area contributed by atoms with Crippen molar-refractivity contribution in [1.29, 1.82) is 0 Å². The van der Waals surface area contributed by atoms with E-state index in [1.54, 1.807) is 6.92 Å². The quantitative estimate of drug-likeness (QED) is 0.660. The zero-order chi connectivity index (χ0) is 10.7. The van der Waals surface area contributed by atoms with E-state index in [0.29, 0.717) is 6.54 Å². The molecule has 1 aromatic heterocycles. The number of rotatable bonds is 3. The summed E-state index contributed by atoms with van der Waals surface area (Å²) >= 11 is 0. The highest BCUT2D eigenvalue weighted by molar-refractivity contribution is 5.93. The van der Waals surface area contributed by atoms with Crippen LogP contribution in [0.15, 0.2) is 0 Å². The summed E-state index contributed by atoms with van der Waals surface area (Å²) in [6, 6.07) is 0. The minimum atomic E-state index is -0.177. The Morgan fingerprint density at radius 3 is 2.71 bits per heavy atom. The minimum absolute atomic E-state index is 0.0694. The molecule has 1 aromatic rings. The summed E-state index contributed by atoms with van der Waals surface area (Å²) in [5, 5.41) is 9.58. The number of aromatic amines is 1. The Labute approximate surface area is 83.1 Å². The second-order valence-corrected chi connectivity index (χ2v) is 3.44. The van der Waals surface area contributed by atoms with Crippen LogP contribution in [0, 0.1) is 19.8 Å². The number of anilines is 1. The second kappa shape index (κ2) is 4.23. The van der Waals surface area contributed by atoms with Crippen molar-refractivity contribution in [2.75, 3.05) is 11.9 Å². The molecule has 0 saturated heterocycles. The molecule has 1 heterocycles. The Morgan fingerprint density at radius 2 is 2.29 bits per heavy atom. The highest BCUT2D eigenvalue weighted by Gasteiger charge is 2.14. The summed E-state index contributed by atoms with van der Waals surface area (Å²) in [5.41, 5.74) is 7.81. The highest BCUT2D eigenvalue weighted by Crippen LogP contribution is 2.16. The first-order chi connectivity index (χ1) is 6.56. The van der Waals surface area contributed by atoms with Gasteiger partial charge >= 0.3 is 0 Å². The smallest absolute Gasteiger partial charge is 0.228 e. The average molecular weight is 196 g/mol. The molecule has 0 aliphatic heterocycles. The number of aryl methyl sites for hydroxylation is 2. The van der Waals surface area contributed by atoms with Crippen molar-refractivity contribution in [3.05, 3.63) is 11.4 Å². The van der Waals surface area contributed by atoms with Gasteiger partial charge in [0.15, 0.2) is 0 Å². The molecule has 4 N–H and O–H groups in total. The lowest BCUT2D eigenvalue weighted by Crippen LogP contribution is -2.27. The monoisotopic (exact) mass is 196 g/mol. The van der Waals surface area contributed by atoms with Crippen LogP contribution in [0.25, 0.3) is 0 Å².